The van der Waals surface area contributed by atoms with Crippen molar-refractivity contribution in [2.24, 2.45) is 23.7 Å². The van der Waals surface area contributed by atoms with Crippen molar-refractivity contribution in [3.63, 3.8) is 0 Å². The fourth-order valence-electron chi connectivity index (χ4n) is 4.61. The second kappa shape index (κ2) is 18.6. The van der Waals surface area contributed by atoms with Crippen LogP contribution in [0, 0.1) is 23.7 Å². The molecule has 0 aromatic carbocycles. The molecular weight excluding hydrogens is 460 g/mol. The van der Waals surface area contributed by atoms with Gasteiger partial charge >= 0.3 is 29.8 Å². The summed E-state index contributed by atoms with van der Waals surface area (Å²) >= 11 is 0. The number of carbonyl (C=O) groups is 5. The van der Waals surface area contributed by atoms with Crippen molar-refractivity contribution in [1.82, 2.24) is 0 Å². The van der Waals surface area contributed by atoms with Crippen molar-refractivity contribution in [1.29, 1.82) is 0 Å². The third-order valence-electron chi connectivity index (χ3n) is 6.63. The maximum absolute atomic E-state index is 11.4. The van der Waals surface area contributed by atoms with Gasteiger partial charge in [0, 0.05) is 32.1 Å². The molecule has 0 saturated heterocycles. The normalized spacial score (nSPS) is 14.5. The topological polar surface area (TPSA) is 186 Å². The quantitative estimate of drug-likeness (QED) is 0.122. The number of rotatable bonds is 23. The maximum Gasteiger partial charge on any atom is 0.303 e. The highest BCUT2D eigenvalue weighted by atomic mass is 16.4. The Morgan fingerprint density at radius 2 is 0.771 bits per heavy atom. The smallest absolute Gasteiger partial charge is 0.303 e. The fraction of sp³-hybridized carbons (Fsp3) is 0.800. The summed E-state index contributed by atoms with van der Waals surface area (Å²) in [6.45, 7) is 1.90. The highest BCUT2D eigenvalue weighted by Gasteiger charge is 2.22. The lowest BCUT2D eigenvalue weighted by atomic mass is 9.82. The molecule has 5 N–H and O–H groups in total. The minimum absolute atomic E-state index is 0.0255. The van der Waals surface area contributed by atoms with Gasteiger partial charge in [-0.1, -0.05) is 19.8 Å². The van der Waals surface area contributed by atoms with Gasteiger partial charge in [-0.25, -0.2) is 0 Å². The van der Waals surface area contributed by atoms with Gasteiger partial charge in [0.2, 0.25) is 0 Å². The number of carboxylic acid groups (broad SMARTS) is 5. The molecule has 0 saturated carbocycles. The Hall–Kier alpha value is -2.65. The van der Waals surface area contributed by atoms with E-state index in [1.807, 2.05) is 6.92 Å². The summed E-state index contributed by atoms with van der Waals surface area (Å²) in [5.41, 5.74) is 0. The second-order valence-corrected chi connectivity index (χ2v) is 9.64. The molecule has 202 valence electrons. The van der Waals surface area contributed by atoms with Gasteiger partial charge in [0.25, 0.3) is 0 Å². The minimum atomic E-state index is -0.964. The van der Waals surface area contributed by atoms with E-state index in [0.29, 0.717) is 64.2 Å². The molecule has 0 bridgehead atoms. The van der Waals surface area contributed by atoms with E-state index in [1.165, 1.54) is 0 Å². The van der Waals surface area contributed by atoms with E-state index in [2.05, 4.69) is 0 Å². The first-order chi connectivity index (χ1) is 16.4. The lowest BCUT2D eigenvalue weighted by molar-refractivity contribution is -0.140. The van der Waals surface area contributed by atoms with Gasteiger partial charge in [-0.3, -0.25) is 24.0 Å². The van der Waals surface area contributed by atoms with Gasteiger partial charge in [0.1, 0.15) is 0 Å². The molecule has 10 nitrogen and oxygen atoms in total. The van der Waals surface area contributed by atoms with Gasteiger partial charge in [0.15, 0.2) is 0 Å². The standard InChI is InChI=1S/C25H42O10/c1-2-17(13-22(28)29)7-8-19(15-24(32)33)11-12-20(16-25(34)35)10-9-18(14-23(30)31)5-3-4-6-21(26)27/h17-20H,2-16H2,1H3,(H,26,27)(H,28,29)(H,30,31)(H,32,33)(H,34,35). The molecule has 0 aliphatic carbocycles. The van der Waals surface area contributed by atoms with Crippen LogP contribution in [0.2, 0.25) is 0 Å². The summed E-state index contributed by atoms with van der Waals surface area (Å²) in [6, 6.07) is 0. The molecular formula is C25H42O10. The zero-order valence-electron chi connectivity index (χ0n) is 20.7. The summed E-state index contributed by atoms with van der Waals surface area (Å²) in [5, 5.41) is 45.6. The molecule has 0 heterocycles. The van der Waals surface area contributed by atoms with E-state index < -0.39 is 29.8 Å². The zero-order valence-corrected chi connectivity index (χ0v) is 20.7. The van der Waals surface area contributed by atoms with Crippen LogP contribution in [0.5, 0.6) is 0 Å². The Kier molecular flexibility index (Phi) is 17.2. The first kappa shape index (κ1) is 32.4. The van der Waals surface area contributed by atoms with Gasteiger partial charge < -0.3 is 25.5 Å². The predicted octanol–water partition coefficient (Wildman–Crippen LogP) is 4.75. The largest absolute Gasteiger partial charge is 0.481 e. The Labute approximate surface area is 206 Å². The molecule has 0 aromatic rings. The molecule has 0 aliphatic rings. The lowest BCUT2D eigenvalue weighted by Gasteiger charge is -2.23. The molecule has 0 radical (unpaired) electrons. The first-order valence-electron chi connectivity index (χ1n) is 12.5. The van der Waals surface area contributed by atoms with Crippen LogP contribution < -0.4 is 0 Å². The van der Waals surface area contributed by atoms with Crippen LogP contribution >= 0.6 is 0 Å². The summed E-state index contributed by atoms with van der Waals surface area (Å²) in [7, 11) is 0. The highest BCUT2D eigenvalue weighted by Crippen LogP contribution is 2.30. The predicted molar refractivity (Wildman–Crippen MR) is 127 cm³/mol. The molecule has 4 atom stereocenters. The van der Waals surface area contributed by atoms with Crippen LogP contribution in [0.1, 0.15) is 103 Å². The second-order valence-electron chi connectivity index (χ2n) is 9.64. The summed E-state index contributed by atoms with van der Waals surface area (Å²) < 4.78 is 0. The van der Waals surface area contributed by atoms with Crippen molar-refractivity contribution in [3.8, 4) is 0 Å². The Bertz CT molecular complexity index is 675. The average molecular weight is 503 g/mol. The van der Waals surface area contributed by atoms with E-state index in [9.17, 15) is 39.3 Å². The van der Waals surface area contributed by atoms with E-state index in [-0.39, 0.29) is 55.8 Å². The number of hydrogen-bond acceptors (Lipinski definition) is 5. The SMILES string of the molecule is CCC(CCC(CCC(CCC(CCCCC(=O)O)CC(=O)O)CC(=O)O)CC(=O)O)CC(=O)O. The Morgan fingerprint density at radius 3 is 1.09 bits per heavy atom. The first-order valence-corrected chi connectivity index (χ1v) is 12.5. The third kappa shape index (κ3) is 19.4. The van der Waals surface area contributed by atoms with E-state index in [1.54, 1.807) is 0 Å². The number of carboxylic acids is 5. The molecule has 4 unspecified atom stereocenters. The van der Waals surface area contributed by atoms with E-state index in [0.717, 1.165) is 0 Å². The zero-order chi connectivity index (χ0) is 26.8. The summed E-state index contributed by atoms with van der Waals surface area (Å²) in [4.78, 5) is 55.6. The molecule has 10 heteroatoms. The Balaban J connectivity index is 4.98. The Morgan fingerprint density at radius 1 is 0.457 bits per heavy atom. The maximum atomic E-state index is 11.4. The van der Waals surface area contributed by atoms with Crippen molar-refractivity contribution in [2.75, 3.05) is 0 Å². The van der Waals surface area contributed by atoms with Gasteiger partial charge in [-0.05, 0) is 75.0 Å². The molecule has 0 amide bonds. The van der Waals surface area contributed by atoms with Crippen molar-refractivity contribution >= 4 is 29.8 Å². The average Bonchev–Trinajstić information content (AvgIpc) is 2.73. The van der Waals surface area contributed by atoms with Crippen molar-refractivity contribution in [2.45, 2.75) is 103 Å². The highest BCUT2D eigenvalue weighted by molar-refractivity contribution is 5.68. The number of aliphatic carboxylic acids is 5. The van der Waals surface area contributed by atoms with Crippen LogP contribution in [-0.2, 0) is 24.0 Å². The summed E-state index contributed by atoms with van der Waals surface area (Å²) in [6.07, 6.45) is 5.32. The third-order valence-corrected chi connectivity index (χ3v) is 6.63. The number of hydrogen-bond donors (Lipinski definition) is 5. The molecule has 0 fully saturated rings. The minimum Gasteiger partial charge on any atom is -0.481 e. The van der Waals surface area contributed by atoms with Crippen LogP contribution in [0.4, 0.5) is 0 Å². The summed E-state index contributed by atoms with van der Waals surface area (Å²) in [5.74, 6) is -5.25. The van der Waals surface area contributed by atoms with Crippen LogP contribution in [0.25, 0.3) is 0 Å². The van der Waals surface area contributed by atoms with Crippen molar-refractivity contribution < 1.29 is 49.5 Å². The number of unbranched alkanes of at least 4 members (excludes halogenated alkanes) is 1. The molecule has 0 aromatic heterocycles. The fourth-order valence-corrected chi connectivity index (χ4v) is 4.61. The van der Waals surface area contributed by atoms with E-state index in [4.69, 9.17) is 10.2 Å². The van der Waals surface area contributed by atoms with Gasteiger partial charge in [-0.15, -0.1) is 0 Å². The molecule has 0 spiro atoms. The van der Waals surface area contributed by atoms with E-state index >= 15 is 0 Å². The molecule has 0 aliphatic heterocycles. The van der Waals surface area contributed by atoms with Crippen LogP contribution in [-0.4, -0.2) is 55.4 Å². The monoisotopic (exact) mass is 502 g/mol. The van der Waals surface area contributed by atoms with Crippen molar-refractivity contribution in [3.05, 3.63) is 0 Å². The van der Waals surface area contributed by atoms with Crippen LogP contribution in [0.15, 0.2) is 0 Å². The molecule has 35 heavy (non-hydrogen) atoms. The van der Waals surface area contributed by atoms with Crippen LogP contribution in [0.3, 0.4) is 0 Å². The van der Waals surface area contributed by atoms with Gasteiger partial charge in [-0.2, -0.15) is 0 Å². The molecule has 0 rings (SSSR count). The lowest BCUT2D eigenvalue weighted by Crippen LogP contribution is -2.16. The van der Waals surface area contributed by atoms with Gasteiger partial charge in [0.05, 0.1) is 0 Å².